The number of imide groups is 1. The van der Waals surface area contributed by atoms with E-state index in [9.17, 15) is 9.59 Å². The van der Waals surface area contributed by atoms with E-state index in [4.69, 9.17) is 18.7 Å². The highest BCUT2D eigenvalue weighted by molar-refractivity contribution is 8.18. The van der Waals surface area contributed by atoms with Crippen LogP contribution in [0.4, 0.5) is 4.79 Å². The summed E-state index contributed by atoms with van der Waals surface area (Å²) in [6.45, 7) is -0.0666. The molecule has 2 aromatic carbocycles. The molecule has 5 rings (SSSR count). The number of carbonyl (C=O) groups excluding carboxylic acids is 2. The normalized spacial score (nSPS) is 14.6. The van der Waals surface area contributed by atoms with E-state index in [1.54, 1.807) is 30.5 Å². The molecule has 4 aromatic rings. The monoisotopic (exact) mass is 504 g/mol. The Bertz CT molecular complexity index is 1490. The first kappa shape index (κ1) is 23.4. The summed E-state index contributed by atoms with van der Waals surface area (Å²) < 4.78 is 21.5. The number of hydrogen-bond acceptors (Lipinski definition) is 10. The van der Waals surface area contributed by atoms with Crippen LogP contribution >= 0.6 is 11.8 Å². The van der Waals surface area contributed by atoms with Crippen LogP contribution in [0.5, 0.6) is 17.2 Å². The molecule has 0 saturated carbocycles. The zero-order valence-corrected chi connectivity index (χ0v) is 20.4. The molecule has 1 aliphatic rings. The molecule has 1 fully saturated rings. The maximum Gasteiger partial charge on any atom is 0.293 e. The van der Waals surface area contributed by atoms with E-state index < -0.39 is 11.1 Å². The Balaban J connectivity index is 1.36. The second kappa shape index (κ2) is 9.70. The lowest BCUT2D eigenvalue weighted by molar-refractivity contribution is -0.123. The second-order valence-electron chi connectivity index (χ2n) is 7.64. The van der Waals surface area contributed by atoms with Crippen LogP contribution in [0, 0.1) is 0 Å². The van der Waals surface area contributed by atoms with Gasteiger partial charge in [-0.1, -0.05) is 17.3 Å². The Kier molecular flexibility index (Phi) is 6.30. The molecule has 2 aromatic heterocycles. The van der Waals surface area contributed by atoms with Gasteiger partial charge in [-0.3, -0.25) is 19.5 Å². The van der Waals surface area contributed by atoms with Gasteiger partial charge in [0.15, 0.2) is 17.3 Å². The van der Waals surface area contributed by atoms with E-state index in [1.165, 1.54) is 21.3 Å². The summed E-state index contributed by atoms with van der Waals surface area (Å²) in [6, 6.07) is 12.5. The zero-order valence-electron chi connectivity index (χ0n) is 19.5. The van der Waals surface area contributed by atoms with Crippen molar-refractivity contribution in [1.82, 2.24) is 20.0 Å². The fourth-order valence-corrected chi connectivity index (χ4v) is 4.54. The van der Waals surface area contributed by atoms with Crippen LogP contribution in [0.15, 0.2) is 58.1 Å². The van der Waals surface area contributed by atoms with Gasteiger partial charge in [-0.15, -0.1) is 0 Å². The summed E-state index contributed by atoms with van der Waals surface area (Å²) in [5.74, 6) is 1.28. The van der Waals surface area contributed by atoms with Crippen LogP contribution in [0.25, 0.3) is 28.4 Å². The van der Waals surface area contributed by atoms with Crippen molar-refractivity contribution >= 4 is 40.0 Å². The van der Waals surface area contributed by atoms with Gasteiger partial charge in [-0.25, -0.2) is 4.98 Å². The molecule has 36 heavy (non-hydrogen) atoms. The van der Waals surface area contributed by atoms with Crippen molar-refractivity contribution in [3.05, 3.63) is 65.0 Å². The van der Waals surface area contributed by atoms with E-state index in [-0.39, 0.29) is 11.4 Å². The molecular formula is C25H20N4O6S. The number of thioether (sulfide) groups is 1. The topological polar surface area (TPSA) is 117 Å². The SMILES string of the molecule is COc1cc(-c2cc(CN3C(=O)S/C(=C\c4cnc5ccccc5n4)C3=O)on2)cc(OC)c1OC. The predicted octanol–water partition coefficient (Wildman–Crippen LogP) is 4.55. The largest absolute Gasteiger partial charge is 0.493 e. The molecule has 182 valence electrons. The van der Waals surface area contributed by atoms with Crippen LogP contribution in [0.2, 0.25) is 0 Å². The van der Waals surface area contributed by atoms with Gasteiger partial charge in [0.2, 0.25) is 5.75 Å². The highest BCUT2D eigenvalue weighted by Gasteiger charge is 2.36. The fraction of sp³-hybridized carbons (Fsp3) is 0.160. The molecule has 0 bridgehead atoms. The van der Waals surface area contributed by atoms with E-state index in [0.717, 1.165) is 22.2 Å². The van der Waals surface area contributed by atoms with Crippen molar-refractivity contribution in [2.24, 2.45) is 0 Å². The smallest absolute Gasteiger partial charge is 0.293 e. The molecule has 2 amide bonds. The number of ether oxygens (including phenoxy) is 3. The Hall–Kier alpha value is -4.38. The number of hydrogen-bond donors (Lipinski definition) is 0. The first-order valence-electron chi connectivity index (χ1n) is 10.7. The second-order valence-corrected chi connectivity index (χ2v) is 8.64. The fourth-order valence-electron chi connectivity index (χ4n) is 3.72. The summed E-state index contributed by atoms with van der Waals surface area (Å²) in [7, 11) is 4.56. The van der Waals surface area contributed by atoms with Gasteiger partial charge in [0, 0.05) is 11.6 Å². The molecule has 0 unspecified atom stereocenters. The van der Waals surface area contributed by atoms with Crippen LogP contribution in [0.3, 0.4) is 0 Å². The summed E-state index contributed by atoms with van der Waals surface area (Å²) in [5, 5.41) is 3.67. The Labute approximate surface area is 209 Å². The molecular weight excluding hydrogens is 484 g/mol. The number of methoxy groups -OCH3 is 3. The van der Waals surface area contributed by atoms with Gasteiger partial charge in [0.1, 0.15) is 5.69 Å². The van der Waals surface area contributed by atoms with Gasteiger partial charge in [0.05, 0.1) is 55.7 Å². The van der Waals surface area contributed by atoms with E-state index >= 15 is 0 Å². The van der Waals surface area contributed by atoms with Crippen molar-refractivity contribution in [3.8, 4) is 28.5 Å². The number of nitrogens with zero attached hydrogens (tertiary/aromatic N) is 4. The van der Waals surface area contributed by atoms with Gasteiger partial charge < -0.3 is 18.7 Å². The van der Waals surface area contributed by atoms with Gasteiger partial charge in [-0.2, -0.15) is 0 Å². The number of aromatic nitrogens is 3. The lowest BCUT2D eigenvalue weighted by Crippen LogP contribution is -2.27. The van der Waals surface area contributed by atoms with Crippen LogP contribution in [0.1, 0.15) is 11.5 Å². The quantitative estimate of drug-likeness (QED) is 0.332. The number of amides is 2. The van der Waals surface area contributed by atoms with Gasteiger partial charge >= 0.3 is 0 Å². The predicted molar refractivity (Wildman–Crippen MR) is 133 cm³/mol. The van der Waals surface area contributed by atoms with E-state index in [1.807, 2.05) is 24.3 Å². The molecule has 0 aliphatic carbocycles. The first-order chi connectivity index (χ1) is 17.5. The number of benzene rings is 2. The van der Waals surface area contributed by atoms with Crippen molar-refractivity contribution in [1.29, 1.82) is 0 Å². The summed E-state index contributed by atoms with van der Waals surface area (Å²) in [4.78, 5) is 35.8. The van der Waals surface area contributed by atoms with Gasteiger partial charge in [0.25, 0.3) is 11.1 Å². The van der Waals surface area contributed by atoms with Crippen molar-refractivity contribution < 1.29 is 28.3 Å². The molecule has 10 nitrogen and oxygen atoms in total. The molecule has 0 N–H and O–H groups in total. The number of fused-ring (bicyclic) bond motifs is 1. The van der Waals surface area contributed by atoms with Crippen LogP contribution in [-0.2, 0) is 11.3 Å². The Morgan fingerprint density at radius 2 is 1.72 bits per heavy atom. The minimum Gasteiger partial charge on any atom is -0.493 e. The van der Waals surface area contributed by atoms with Crippen molar-refractivity contribution in [3.63, 3.8) is 0 Å². The van der Waals surface area contributed by atoms with Crippen LogP contribution in [-0.4, -0.2) is 52.5 Å². The van der Waals surface area contributed by atoms with Crippen LogP contribution < -0.4 is 14.2 Å². The Morgan fingerprint density at radius 1 is 1.00 bits per heavy atom. The van der Waals surface area contributed by atoms with Crippen molar-refractivity contribution in [2.45, 2.75) is 6.54 Å². The minimum absolute atomic E-state index is 0.0666. The molecule has 1 saturated heterocycles. The number of para-hydroxylation sites is 2. The zero-order chi connectivity index (χ0) is 25.2. The maximum absolute atomic E-state index is 13.0. The maximum atomic E-state index is 13.0. The molecule has 11 heteroatoms. The molecule has 0 spiro atoms. The van der Waals surface area contributed by atoms with Crippen molar-refractivity contribution in [2.75, 3.05) is 21.3 Å². The summed E-state index contributed by atoms with van der Waals surface area (Å²) in [6.07, 6.45) is 3.13. The lowest BCUT2D eigenvalue weighted by atomic mass is 10.1. The highest BCUT2D eigenvalue weighted by atomic mass is 32.2. The van der Waals surface area contributed by atoms with E-state index in [0.29, 0.717) is 45.5 Å². The third-order valence-electron chi connectivity index (χ3n) is 5.45. The summed E-state index contributed by atoms with van der Waals surface area (Å²) >= 11 is 0.840. The molecule has 0 radical (unpaired) electrons. The Morgan fingerprint density at radius 3 is 2.42 bits per heavy atom. The summed E-state index contributed by atoms with van der Waals surface area (Å²) in [5.41, 5.74) is 3.08. The molecule has 3 heterocycles. The standard InChI is InChI=1S/C25H20N4O6S/c1-32-20-8-14(9-21(33-2)23(20)34-3)19-11-16(35-28-19)13-29-24(30)22(36-25(29)31)10-15-12-26-17-6-4-5-7-18(17)27-15/h4-12H,13H2,1-3H3/b22-10-. The minimum atomic E-state index is -0.439. The lowest BCUT2D eigenvalue weighted by Gasteiger charge is -2.13. The first-order valence-corrected chi connectivity index (χ1v) is 11.6. The highest BCUT2D eigenvalue weighted by Crippen LogP contribution is 2.41. The van der Waals surface area contributed by atoms with E-state index in [2.05, 4.69) is 15.1 Å². The number of rotatable bonds is 7. The van der Waals surface area contributed by atoms with Gasteiger partial charge in [-0.05, 0) is 42.1 Å². The molecule has 1 aliphatic heterocycles. The average molecular weight is 505 g/mol. The average Bonchev–Trinajstić information content (AvgIpc) is 3.48. The molecule has 0 atom stereocenters. The number of carbonyl (C=O) groups is 2. The third-order valence-corrected chi connectivity index (χ3v) is 6.36. The third kappa shape index (κ3) is 4.36.